The Hall–Kier alpha value is -4.08. The number of amides is 3. The van der Waals surface area contributed by atoms with E-state index >= 15 is 0 Å². The van der Waals surface area contributed by atoms with Crippen LogP contribution < -0.4 is 14.5 Å². The smallest absolute Gasteiger partial charge is 0.316 e. The van der Waals surface area contributed by atoms with Gasteiger partial charge in [-0.05, 0) is 56.5 Å². The Balaban J connectivity index is 1.28. The fourth-order valence-electron chi connectivity index (χ4n) is 5.62. The van der Waals surface area contributed by atoms with Gasteiger partial charge >= 0.3 is 5.97 Å². The number of fused-ring (bicyclic) bond motifs is 1. The van der Waals surface area contributed by atoms with Gasteiger partial charge in [0.1, 0.15) is 5.75 Å². The van der Waals surface area contributed by atoms with E-state index in [1.807, 2.05) is 0 Å². The number of aryl methyl sites for hydroxylation is 2. The molecule has 2 heterocycles. The van der Waals surface area contributed by atoms with Gasteiger partial charge in [0.05, 0.1) is 34.1 Å². The lowest BCUT2D eigenvalue weighted by Crippen LogP contribution is -2.31. The molecule has 37 heavy (non-hydrogen) atoms. The van der Waals surface area contributed by atoms with Crippen LogP contribution in [0.15, 0.2) is 36.4 Å². The minimum Gasteiger partial charge on any atom is -0.426 e. The van der Waals surface area contributed by atoms with Crippen LogP contribution in [0.5, 0.6) is 5.75 Å². The molecule has 1 saturated carbocycles. The lowest BCUT2D eigenvalue weighted by atomic mass is 9.81. The number of hydrogen-bond donors (Lipinski definition) is 0. The van der Waals surface area contributed by atoms with Crippen molar-refractivity contribution in [3.63, 3.8) is 0 Å². The van der Waals surface area contributed by atoms with Crippen molar-refractivity contribution in [2.24, 2.45) is 17.8 Å². The Morgan fingerprint density at radius 3 is 2.27 bits per heavy atom. The third-order valence-electron chi connectivity index (χ3n) is 7.63. The summed E-state index contributed by atoms with van der Waals surface area (Å²) >= 11 is 0. The number of anilines is 2. The zero-order valence-electron chi connectivity index (χ0n) is 20.6. The maximum atomic E-state index is 12.9. The van der Waals surface area contributed by atoms with Crippen LogP contribution in [0.25, 0.3) is 0 Å². The fraction of sp³-hybridized carbons (Fsp3) is 0.407. The third-order valence-corrected chi connectivity index (χ3v) is 7.63. The number of nitro groups is 1. The molecular weight excluding hydrogens is 478 g/mol. The predicted octanol–water partition coefficient (Wildman–Crippen LogP) is 3.85. The van der Waals surface area contributed by atoms with Gasteiger partial charge < -0.3 is 9.64 Å². The number of imide groups is 1. The van der Waals surface area contributed by atoms with Crippen molar-refractivity contribution in [3.05, 3.63) is 57.6 Å². The molecule has 1 aliphatic carbocycles. The summed E-state index contributed by atoms with van der Waals surface area (Å²) in [6, 6.07) is 9.28. The summed E-state index contributed by atoms with van der Waals surface area (Å²) in [6.07, 6.45) is 3.28. The number of nitrogens with zero attached hydrogens (tertiary/aromatic N) is 3. The first kappa shape index (κ1) is 24.6. The molecule has 0 N–H and O–H groups in total. The SMILES string of the molecule is Cc1cc(OC(=O)[C@@H]2CC(=O)N(c3ccc(C)c([N+](=O)[O-])c3)C2)ccc1N1C(=O)[C@H]2CCCC[C@H]2C1=O. The maximum absolute atomic E-state index is 12.9. The molecule has 3 aliphatic rings. The van der Waals surface area contributed by atoms with Gasteiger partial charge in [-0.25, -0.2) is 4.90 Å². The Morgan fingerprint density at radius 2 is 1.65 bits per heavy atom. The number of rotatable bonds is 5. The number of nitro benzene ring substituents is 1. The lowest BCUT2D eigenvalue weighted by Gasteiger charge is -2.19. The molecule has 0 radical (unpaired) electrons. The van der Waals surface area contributed by atoms with Crippen LogP contribution in [-0.2, 0) is 19.2 Å². The predicted molar refractivity (Wildman–Crippen MR) is 133 cm³/mol. The molecule has 3 atom stereocenters. The normalized spacial score (nSPS) is 23.4. The van der Waals surface area contributed by atoms with Crippen molar-refractivity contribution >= 4 is 40.8 Å². The van der Waals surface area contributed by atoms with Gasteiger partial charge in [-0.15, -0.1) is 0 Å². The van der Waals surface area contributed by atoms with Crippen molar-refractivity contribution < 1.29 is 28.8 Å². The number of esters is 1. The van der Waals surface area contributed by atoms with Crippen molar-refractivity contribution in [2.75, 3.05) is 16.3 Å². The van der Waals surface area contributed by atoms with Gasteiger partial charge in [-0.1, -0.05) is 18.9 Å². The topological polar surface area (TPSA) is 127 Å². The number of ether oxygens (including phenoxy) is 1. The van der Waals surface area contributed by atoms with Gasteiger partial charge in [-0.2, -0.15) is 0 Å². The van der Waals surface area contributed by atoms with Crippen molar-refractivity contribution in [2.45, 2.75) is 46.0 Å². The number of hydrogen-bond acceptors (Lipinski definition) is 7. The first-order chi connectivity index (χ1) is 17.7. The highest BCUT2D eigenvalue weighted by Gasteiger charge is 2.49. The molecule has 2 aliphatic heterocycles. The van der Waals surface area contributed by atoms with E-state index < -0.39 is 16.8 Å². The Labute approximate surface area is 213 Å². The average Bonchev–Trinajstić information content (AvgIpc) is 3.37. The first-order valence-corrected chi connectivity index (χ1v) is 12.4. The molecule has 2 saturated heterocycles. The first-order valence-electron chi connectivity index (χ1n) is 12.4. The van der Waals surface area contributed by atoms with Crippen LogP contribution in [0, 0.1) is 41.7 Å². The zero-order valence-corrected chi connectivity index (χ0v) is 20.6. The van der Waals surface area contributed by atoms with Crippen LogP contribution in [0.1, 0.15) is 43.2 Å². The number of carbonyl (C=O) groups excluding carboxylic acids is 4. The van der Waals surface area contributed by atoms with Crippen LogP contribution in [0.4, 0.5) is 17.1 Å². The van der Waals surface area contributed by atoms with E-state index in [0.717, 1.165) is 25.7 Å². The molecule has 0 aromatic heterocycles. The van der Waals surface area contributed by atoms with Crippen molar-refractivity contribution in [3.8, 4) is 5.75 Å². The second-order valence-corrected chi connectivity index (χ2v) is 10.0. The van der Waals surface area contributed by atoms with Crippen molar-refractivity contribution in [1.82, 2.24) is 0 Å². The highest BCUT2D eigenvalue weighted by Crippen LogP contribution is 2.41. The molecule has 3 amide bonds. The number of carbonyl (C=O) groups is 4. The largest absolute Gasteiger partial charge is 0.426 e. The summed E-state index contributed by atoms with van der Waals surface area (Å²) in [6.45, 7) is 3.42. The quantitative estimate of drug-likeness (QED) is 0.199. The minimum absolute atomic E-state index is 0.0501. The summed E-state index contributed by atoms with van der Waals surface area (Å²) < 4.78 is 5.54. The fourth-order valence-corrected chi connectivity index (χ4v) is 5.62. The summed E-state index contributed by atoms with van der Waals surface area (Å²) in [5.41, 5.74) is 1.86. The van der Waals surface area contributed by atoms with Crippen LogP contribution in [0.2, 0.25) is 0 Å². The molecule has 10 heteroatoms. The van der Waals surface area contributed by atoms with E-state index in [0.29, 0.717) is 22.5 Å². The highest BCUT2D eigenvalue weighted by molar-refractivity contribution is 6.22. The molecule has 10 nitrogen and oxygen atoms in total. The maximum Gasteiger partial charge on any atom is 0.316 e. The van der Waals surface area contributed by atoms with E-state index in [9.17, 15) is 29.3 Å². The Bertz CT molecular complexity index is 1310. The molecule has 5 rings (SSSR count). The molecule has 0 unspecified atom stereocenters. The van der Waals surface area contributed by atoms with Gasteiger partial charge in [0.15, 0.2) is 0 Å². The Kier molecular flexibility index (Phi) is 6.26. The summed E-state index contributed by atoms with van der Waals surface area (Å²) in [5.74, 6) is -2.24. The van der Waals surface area contributed by atoms with E-state index in [-0.39, 0.29) is 54.0 Å². The van der Waals surface area contributed by atoms with E-state index in [4.69, 9.17) is 4.74 Å². The van der Waals surface area contributed by atoms with Crippen LogP contribution in [0.3, 0.4) is 0 Å². The molecule has 0 spiro atoms. The third kappa shape index (κ3) is 4.36. The summed E-state index contributed by atoms with van der Waals surface area (Å²) in [5, 5.41) is 11.3. The molecular formula is C27H27N3O7. The van der Waals surface area contributed by atoms with E-state index in [2.05, 4.69) is 0 Å². The standard InChI is InChI=1S/C27H27N3O7/c1-15-7-8-18(13-23(15)30(35)36)28-14-17(12-24(28)31)27(34)37-19-9-10-22(16(2)11-19)29-25(32)20-5-3-4-6-21(20)26(29)33/h7-11,13,17,20-21H,3-6,12,14H2,1-2H3/t17-,20-,21+/m1/s1. The van der Waals surface area contributed by atoms with Crippen LogP contribution in [-0.4, -0.2) is 35.2 Å². The van der Waals surface area contributed by atoms with Gasteiger partial charge in [-0.3, -0.25) is 29.3 Å². The molecule has 192 valence electrons. The van der Waals surface area contributed by atoms with Gasteiger partial charge in [0.2, 0.25) is 17.7 Å². The highest BCUT2D eigenvalue weighted by atomic mass is 16.6. The lowest BCUT2D eigenvalue weighted by molar-refractivity contribution is -0.385. The monoisotopic (exact) mass is 505 g/mol. The zero-order chi connectivity index (χ0) is 26.4. The summed E-state index contributed by atoms with van der Waals surface area (Å²) in [7, 11) is 0. The second-order valence-electron chi connectivity index (χ2n) is 10.0. The molecule has 3 fully saturated rings. The van der Waals surface area contributed by atoms with Crippen LogP contribution >= 0.6 is 0 Å². The van der Waals surface area contributed by atoms with Crippen molar-refractivity contribution in [1.29, 1.82) is 0 Å². The minimum atomic E-state index is -0.738. The molecule has 2 aromatic rings. The van der Waals surface area contributed by atoms with Gasteiger partial charge in [0, 0.05) is 24.6 Å². The number of benzene rings is 2. The average molecular weight is 506 g/mol. The van der Waals surface area contributed by atoms with E-state index in [1.54, 1.807) is 44.2 Å². The summed E-state index contributed by atoms with van der Waals surface area (Å²) in [4.78, 5) is 64.7. The molecule has 2 aromatic carbocycles. The van der Waals surface area contributed by atoms with Gasteiger partial charge in [0.25, 0.3) is 5.69 Å². The second kappa shape index (κ2) is 9.42. The van der Waals surface area contributed by atoms with E-state index in [1.165, 1.54) is 15.9 Å². The molecule has 0 bridgehead atoms. The Morgan fingerprint density at radius 1 is 0.973 bits per heavy atom.